The number of ether oxygens (including phenoxy) is 2. The van der Waals surface area contributed by atoms with Gasteiger partial charge in [-0.3, -0.25) is 14.7 Å². The van der Waals surface area contributed by atoms with Gasteiger partial charge in [0.05, 0.1) is 30.8 Å². The van der Waals surface area contributed by atoms with Crippen LogP contribution in [-0.2, 0) is 11.4 Å². The van der Waals surface area contributed by atoms with Crippen molar-refractivity contribution in [3.05, 3.63) is 65.1 Å². The highest BCUT2D eigenvalue weighted by Crippen LogP contribution is 2.40. The van der Waals surface area contributed by atoms with Gasteiger partial charge in [-0.1, -0.05) is 0 Å². The number of aromatic nitrogens is 1. The zero-order valence-electron chi connectivity index (χ0n) is 21.5. The number of aliphatic carboxylic acids is 1. The minimum atomic E-state index is -1.33. The number of likely N-dealkylation sites (tertiary alicyclic amines) is 1. The Labute approximate surface area is 223 Å². The fourth-order valence-electron chi connectivity index (χ4n) is 5.13. The lowest BCUT2D eigenvalue weighted by atomic mass is 9.74. The van der Waals surface area contributed by atoms with Crippen LogP contribution in [-0.4, -0.2) is 64.5 Å². The van der Waals surface area contributed by atoms with E-state index in [9.17, 15) is 33.3 Å². The number of hydrogen-bond acceptors (Lipinski definition) is 7. The van der Waals surface area contributed by atoms with Crippen molar-refractivity contribution in [3.63, 3.8) is 0 Å². The lowest BCUT2D eigenvalue weighted by Crippen LogP contribution is -2.45. The second kappa shape index (κ2) is 12.2. The van der Waals surface area contributed by atoms with Crippen LogP contribution >= 0.6 is 0 Å². The highest BCUT2D eigenvalue weighted by atomic mass is 19.2. The van der Waals surface area contributed by atoms with Crippen molar-refractivity contribution in [2.75, 3.05) is 33.4 Å². The van der Waals surface area contributed by atoms with Crippen LogP contribution < -0.4 is 9.47 Å². The second-order valence-electron chi connectivity index (χ2n) is 9.77. The molecule has 0 saturated carbocycles. The van der Waals surface area contributed by atoms with Crippen LogP contribution in [0.1, 0.15) is 42.9 Å². The molecular formula is C28H31F3N2O6. The minimum absolute atomic E-state index is 0.0267. The van der Waals surface area contributed by atoms with E-state index >= 15 is 0 Å². The Hall–Kier alpha value is -3.41. The van der Waals surface area contributed by atoms with Gasteiger partial charge in [0, 0.05) is 35.8 Å². The lowest BCUT2D eigenvalue weighted by Gasteiger charge is -2.39. The SMILES string of the molecule is COc1ccc2ncc(CO)c([C@H](O)CCC3(C(=O)O)CCN(CCOc4cc(F)cc(F)c4F)CC3)c2c1. The van der Waals surface area contributed by atoms with Crippen molar-refractivity contribution in [1.82, 2.24) is 9.88 Å². The number of nitrogens with zero attached hydrogens (tertiary/aromatic N) is 2. The molecule has 1 saturated heterocycles. The van der Waals surface area contributed by atoms with E-state index in [0.29, 0.717) is 66.3 Å². The van der Waals surface area contributed by atoms with Gasteiger partial charge in [-0.05, 0) is 62.5 Å². The lowest BCUT2D eigenvalue weighted by molar-refractivity contribution is -0.153. The largest absolute Gasteiger partial charge is 0.497 e. The molecule has 0 aliphatic carbocycles. The number of hydrogen-bond donors (Lipinski definition) is 3. The van der Waals surface area contributed by atoms with Crippen molar-refractivity contribution in [2.45, 2.75) is 38.4 Å². The molecule has 4 rings (SSSR count). The smallest absolute Gasteiger partial charge is 0.309 e. The van der Waals surface area contributed by atoms with Gasteiger partial charge < -0.3 is 24.8 Å². The van der Waals surface area contributed by atoms with E-state index in [1.807, 2.05) is 4.90 Å². The van der Waals surface area contributed by atoms with Crippen LogP contribution in [0.3, 0.4) is 0 Å². The van der Waals surface area contributed by atoms with Crippen molar-refractivity contribution in [1.29, 1.82) is 0 Å². The molecule has 1 aromatic heterocycles. The Bertz CT molecular complexity index is 1330. The topological polar surface area (TPSA) is 112 Å². The number of benzene rings is 2. The highest BCUT2D eigenvalue weighted by Gasteiger charge is 2.41. The average molecular weight is 549 g/mol. The summed E-state index contributed by atoms with van der Waals surface area (Å²) in [6, 6.07) is 6.45. The summed E-state index contributed by atoms with van der Waals surface area (Å²) in [5.74, 6) is -4.44. The molecule has 210 valence electrons. The van der Waals surface area contributed by atoms with Gasteiger partial charge >= 0.3 is 5.97 Å². The monoisotopic (exact) mass is 548 g/mol. The Morgan fingerprint density at radius 1 is 1.18 bits per heavy atom. The molecule has 0 unspecified atom stereocenters. The quantitative estimate of drug-likeness (QED) is 0.306. The second-order valence-corrected chi connectivity index (χ2v) is 9.77. The van der Waals surface area contributed by atoms with Gasteiger partial charge in [0.2, 0.25) is 5.82 Å². The fraction of sp³-hybridized carbons (Fsp3) is 0.429. The normalized spacial score (nSPS) is 16.3. The maximum atomic E-state index is 13.8. The molecule has 8 nitrogen and oxygen atoms in total. The predicted octanol–water partition coefficient (Wildman–Crippen LogP) is 4.21. The number of aliphatic hydroxyl groups excluding tert-OH is 2. The average Bonchev–Trinajstić information content (AvgIpc) is 2.93. The molecule has 3 N–H and O–H groups in total. The van der Waals surface area contributed by atoms with E-state index in [1.165, 1.54) is 13.3 Å². The van der Waals surface area contributed by atoms with Gasteiger partial charge in [-0.25, -0.2) is 8.78 Å². The number of methoxy groups -OCH3 is 1. The summed E-state index contributed by atoms with van der Waals surface area (Å²) in [5.41, 5.74) is 0.511. The zero-order chi connectivity index (χ0) is 28.2. The molecule has 1 atom stereocenters. The Morgan fingerprint density at radius 2 is 1.92 bits per heavy atom. The van der Waals surface area contributed by atoms with E-state index in [0.717, 1.165) is 6.07 Å². The van der Waals surface area contributed by atoms with Gasteiger partial charge in [-0.15, -0.1) is 0 Å². The number of rotatable bonds is 11. The third-order valence-corrected chi connectivity index (χ3v) is 7.49. The van der Waals surface area contributed by atoms with Gasteiger partial charge in [0.1, 0.15) is 18.2 Å². The summed E-state index contributed by atoms with van der Waals surface area (Å²) in [4.78, 5) is 18.6. The van der Waals surface area contributed by atoms with Crippen LogP contribution in [0, 0.1) is 22.9 Å². The summed E-state index contributed by atoms with van der Waals surface area (Å²) < 4.78 is 51.0. The fourth-order valence-corrected chi connectivity index (χ4v) is 5.13. The van der Waals surface area contributed by atoms with Crippen molar-refractivity contribution >= 4 is 16.9 Å². The molecule has 11 heteroatoms. The van der Waals surface area contributed by atoms with Crippen molar-refractivity contribution in [3.8, 4) is 11.5 Å². The summed E-state index contributed by atoms with van der Waals surface area (Å²) in [6.07, 6.45) is 1.47. The number of pyridine rings is 1. The molecule has 2 aromatic carbocycles. The van der Waals surface area contributed by atoms with Crippen LogP contribution in [0.4, 0.5) is 13.2 Å². The molecule has 39 heavy (non-hydrogen) atoms. The molecule has 0 radical (unpaired) electrons. The maximum Gasteiger partial charge on any atom is 0.309 e. The molecule has 2 heterocycles. The van der Waals surface area contributed by atoms with E-state index in [-0.39, 0.29) is 26.1 Å². The molecule has 1 aliphatic heterocycles. The third-order valence-electron chi connectivity index (χ3n) is 7.49. The summed E-state index contributed by atoms with van der Waals surface area (Å²) in [5, 5.41) is 31.8. The molecule has 0 bridgehead atoms. The van der Waals surface area contributed by atoms with Crippen LogP contribution in [0.2, 0.25) is 0 Å². The first-order chi connectivity index (χ1) is 18.7. The number of fused-ring (bicyclic) bond motifs is 1. The third kappa shape index (κ3) is 6.26. The number of carbonyl (C=O) groups is 1. The molecule has 1 fully saturated rings. The first kappa shape index (κ1) is 28.6. The summed E-state index contributed by atoms with van der Waals surface area (Å²) in [7, 11) is 1.52. The number of carboxylic acids is 1. The predicted molar refractivity (Wildman–Crippen MR) is 136 cm³/mol. The number of carboxylic acid groups (broad SMARTS) is 1. The van der Waals surface area contributed by atoms with E-state index < -0.39 is 40.7 Å². The molecular weight excluding hydrogens is 517 g/mol. The number of aliphatic hydroxyl groups is 2. The van der Waals surface area contributed by atoms with Crippen molar-refractivity contribution < 1.29 is 42.8 Å². The maximum absolute atomic E-state index is 13.8. The number of piperidine rings is 1. The van der Waals surface area contributed by atoms with Gasteiger partial charge in [0.15, 0.2) is 11.6 Å². The molecule has 0 spiro atoms. The minimum Gasteiger partial charge on any atom is -0.497 e. The Kier molecular flexibility index (Phi) is 8.94. The molecule has 3 aromatic rings. The summed E-state index contributed by atoms with van der Waals surface area (Å²) >= 11 is 0. The summed E-state index contributed by atoms with van der Waals surface area (Å²) in [6.45, 7) is 0.799. The Morgan fingerprint density at radius 3 is 2.59 bits per heavy atom. The first-order valence-corrected chi connectivity index (χ1v) is 12.6. The first-order valence-electron chi connectivity index (χ1n) is 12.6. The van der Waals surface area contributed by atoms with Gasteiger partial charge in [-0.2, -0.15) is 4.39 Å². The van der Waals surface area contributed by atoms with Crippen LogP contribution in [0.5, 0.6) is 11.5 Å². The molecule has 1 aliphatic rings. The van der Waals surface area contributed by atoms with E-state index in [4.69, 9.17) is 9.47 Å². The van der Waals surface area contributed by atoms with Crippen LogP contribution in [0.15, 0.2) is 36.5 Å². The van der Waals surface area contributed by atoms with Crippen molar-refractivity contribution in [2.24, 2.45) is 5.41 Å². The van der Waals surface area contributed by atoms with E-state index in [1.54, 1.807) is 18.2 Å². The number of halogens is 3. The Balaban J connectivity index is 1.39. The van der Waals surface area contributed by atoms with Crippen LogP contribution in [0.25, 0.3) is 10.9 Å². The molecule has 0 amide bonds. The standard InChI is InChI=1S/C28H31F3N2O6/c1-38-19-2-3-22-20(14-19)25(17(16-34)15-32-22)23(35)4-5-28(27(36)37)6-8-33(9-7-28)10-11-39-24-13-18(29)12-21(30)26(24)31/h2-3,12-15,23,34-35H,4-11,16H2,1H3,(H,36,37)/t23-/m1/s1. The zero-order valence-corrected chi connectivity index (χ0v) is 21.5. The highest BCUT2D eigenvalue weighted by molar-refractivity contribution is 5.85. The van der Waals surface area contributed by atoms with E-state index in [2.05, 4.69) is 4.98 Å². The van der Waals surface area contributed by atoms with Gasteiger partial charge in [0.25, 0.3) is 0 Å².